The lowest BCUT2D eigenvalue weighted by molar-refractivity contribution is -0.137. The van der Waals surface area contributed by atoms with Gasteiger partial charge < -0.3 is 25.4 Å². The maximum absolute atomic E-state index is 13.9. The van der Waals surface area contributed by atoms with Crippen LogP contribution >= 0.6 is 0 Å². The van der Waals surface area contributed by atoms with E-state index in [1.807, 2.05) is 6.07 Å². The van der Waals surface area contributed by atoms with Crippen molar-refractivity contribution in [2.45, 2.75) is 13.1 Å². The maximum atomic E-state index is 13.9. The molecule has 1 fully saturated rings. The normalized spacial score (nSPS) is 13.8. The highest BCUT2D eigenvalue weighted by molar-refractivity contribution is 6.04. The Morgan fingerprint density at radius 1 is 1.05 bits per heavy atom. The molecule has 2 aromatic carbocycles. The summed E-state index contributed by atoms with van der Waals surface area (Å²) in [6.07, 6.45) is -1.41. The Balaban J connectivity index is 1.27. The Kier molecular flexibility index (Phi) is 9.56. The number of amides is 1. The summed E-state index contributed by atoms with van der Waals surface area (Å²) >= 11 is 0. The van der Waals surface area contributed by atoms with Crippen LogP contribution in [0.25, 0.3) is 11.3 Å². The molecule has 0 radical (unpaired) electrons. The zero-order chi connectivity index (χ0) is 31.1. The van der Waals surface area contributed by atoms with Crippen molar-refractivity contribution < 1.29 is 27.4 Å². The lowest BCUT2D eigenvalue weighted by atomic mass is 10.1. The van der Waals surface area contributed by atoms with Gasteiger partial charge >= 0.3 is 6.18 Å². The minimum absolute atomic E-state index is 0.0716. The number of anilines is 3. The van der Waals surface area contributed by atoms with Crippen molar-refractivity contribution in [1.82, 2.24) is 19.9 Å². The second-order valence-electron chi connectivity index (χ2n) is 10.0. The van der Waals surface area contributed by atoms with Gasteiger partial charge in [-0.15, -0.1) is 0 Å². The summed E-state index contributed by atoms with van der Waals surface area (Å²) in [4.78, 5) is 28.1. The summed E-state index contributed by atoms with van der Waals surface area (Å²) in [7, 11) is 1.72. The maximum Gasteiger partial charge on any atom is 0.418 e. The molecule has 0 unspecified atom stereocenters. The molecule has 0 bridgehead atoms. The summed E-state index contributed by atoms with van der Waals surface area (Å²) < 4.78 is 53.2. The fraction of sp³-hybridized carbons (Fsp3) is 0.290. The summed E-state index contributed by atoms with van der Waals surface area (Å²) in [5.74, 6) is 0.592. The van der Waals surface area contributed by atoms with Gasteiger partial charge in [-0.25, -0.2) is 15.0 Å². The molecule has 0 saturated carbocycles. The van der Waals surface area contributed by atoms with E-state index in [9.17, 15) is 18.0 Å². The smallest absolute Gasteiger partial charge is 0.418 e. The van der Waals surface area contributed by atoms with Gasteiger partial charge in [-0.3, -0.25) is 9.69 Å². The average Bonchev–Trinajstić information content (AvgIpc) is 3.02. The quantitative estimate of drug-likeness (QED) is 0.209. The van der Waals surface area contributed by atoms with Crippen molar-refractivity contribution in [2.75, 3.05) is 62.4 Å². The third kappa shape index (κ3) is 7.60. The Labute approximate surface area is 252 Å². The predicted molar refractivity (Wildman–Crippen MR) is 161 cm³/mol. The molecule has 1 amide bonds. The Morgan fingerprint density at radius 3 is 2.61 bits per heavy atom. The van der Waals surface area contributed by atoms with E-state index in [4.69, 9.17) is 9.47 Å². The van der Waals surface area contributed by atoms with Crippen LogP contribution in [-0.4, -0.2) is 72.2 Å². The number of halogens is 3. The number of carbonyl (C=O) groups is 1. The van der Waals surface area contributed by atoms with E-state index in [2.05, 4.69) is 35.8 Å². The Bertz CT molecular complexity index is 1610. The molecule has 230 valence electrons. The van der Waals surface area contributed by atoms with E-state index in [-0.39, 0.29) is 11.3 Å². The van der Waals surface area contributed by atoms with Crippen LogP contribution in [0.15, 0.2) is 67.0 Å². The summed E-state index contributed by atoms with van der Waals surface area (Å²) in [6, 6.07) is 13.8. The number of aromatic nitrogens is 3. The van der Waals surface area contributed by atoms with Gasteiger partial charge in [-0.2, -0.15) is 13.2 Å². The molecule has 0 spiro atoms. The van der Waals surface area contributed by atoms with Gasteiger partial charge in [0.1, 0.15) is 5.75 Å². The van der Waals surface area contributed by atoms with E-state index >= 15 is 0 Å². The molecule has 44 heavy (non-hydrogen) atoms. The Hall–Kier alpha value is -4.75. The first-order chi connectivity index (χ1) is 21.2. The molecule has 1 aliphatic heterocycles. The van der Waals surface area contributed by atoms with Crippen LogP contribution in [-0.2, 0) is 10.9 Å². The van der Waals surface area contributed by atoms with Crippen LogP contribution < -0.4 is 20.7 Å². The summed E-state index contributed by atoms with van der Waals surface area (Å²) in [5, 5.41) is 8.46. The van der Waals surface area contributed by atoms with Crippen LogP contribution in [0.4, 0.5) is 30.5 Å². The topological polar surface area (TPSA) is 114 Å². The summed E-state index contributed by atoms with van der Waals surface area (Å²) in [5.41, 5.74) is 1.26. The molecule has 1 aliphatic rings. The molecule has 0 atom stereocenters. The molecular formula is C31H32F3N7O3. The Morgan fingerprint density at radius 2 is 1.86 bits per heavy atom. The van der Waals surface area contributed by atoms with Crippen molar-refractivity contribution in [3.8, 4) is 22.9 Å². The van der Waals surface area contributed by atoms with Crippen molar-refractivity contribution in [3.63, 3.8) is 0 Å². The summed E-state index contributed by atoms with van der Waals surface area (Å²) in [6.45, 7) is 5.41. The van der Waals surface area contributed by atoms with Gasteiger partial charge in [0.25, 0.3) is 5.91 Å². The number of hydrogen-bond donors (Lipinski definition) is 3. The van der Waals surface area contributed by atoms with Crippen molar-refractivity contribution in [2.24, 2.45) is 0 Å². The molecule has 2 aromatic heterocycles. The van der Waals surface area contributed by atoms with Gasteiger partial charge in [-0.05, 0) is 67.1 Å². The number of nitrogens with one attached hydrogen (secondary N) is 3. The van der Waals surface area contributed by atoms with Crippen LogP contribution in [0, 0.1) is 6.92 Å². The standard InChI is InChI=1S/C31H32F3N7O3/c1-20-18-22(6-8-27(20)44-29-23(4-3-10-37-29)25-9-11-38-30(35-2)40-25)39-28(42)21-5-7-26(24(19-21)31(32,33)34)36-12-13-41-14-16-43-17-15-41/h3-11,18-19,36H,12-17H2,1-2H3,(H,39,42)(H,35,38,40). The zero-order valence-electron chi connectivity index (χ0n) is 24.2. The fourth-order valence-corrected chi connectivity index (χ4v) is 4.69. The highest BCUT2D eigenvalue weighted by atomic mass is 19.4. The monoisotopic (exact) mass is 607 g/mol. The first-order valence-electron chi connectivity index (χ1n) is 14.0. The lowest BCUT2D eigenvalue weighted by Crippen LogP contribution is -2.39. The van der Waals surface area contributed by atoms with Crippen molar-refractivity contribution in [3.05, 3.63) is 83.7 Å². The van der Waals surface area contributed by atoms with E-state index in [0.29, 0.717) is 66.4 Å². The lowest BCUT2D eigenvalue weighted by Gasteiger charge is -2.27. The van der Waals surface area contributed by atoms with Gasteiger partial charge in [0, 0.05) is 62.6 Å². The van der Waals surface area contributed by atoms with Gasteiger partial charge in [0.05, 0.1) is 30.0 Å². The van der Waals surface area contributed by atoms with Crippen molar-refractivity contribution in [1.29, 1.82) is 0 Å². The molecule has 0 aliphatic carbocycles. The van der Waals surface area contributed by atoms with E-state index in [1.54, 1.807) is 56.7 Å². The second kappa shape index (κ2) is 13.7. The molecular weight excluding hydrogens is 575 g/mol. The van der Waals surface area contributed by atoms with Crippen molar-refractivity contribution >= 4 is 23.2 Å². The number of benzene rings is 2. The number of rotatable bonds is 10. The van der Waals surface area contributed by atoms with E-state index in [0.717, 1.165) is 19.2 Å². The SMILES string of the molecule is CNc1nccc(-c2cccnc2Oc2ccc(NC(=O)c3ccc(NCCN4CCOCC4)c(C(F)(F)F)c3)cc2C)n1. The van der Waals surface area contributed by atoms with Gasteiger partial charge in [-0.1, -0.05) is 0 Å². The van der Waals surface area contributed by atoms with Crippen LogP contribution in [0.3, 0.4) is 0 Å². The molecule has 1 saturated heterocycles. The van der Waals surface area contributed by atoms with E-state index < -0.39 is 17.6 Å². The number of hydrogen-bond acceptors (Lipinski definition) is 9. The molecule has 5 rings (SSSR count). The number of ether oxygens (including phenoxy) is 2. The van der Waals surface area contributed by atoms with Gasteiger partial charge in [0.15, 0.2) is 0 Å². The van der Waals surface area contributed by atoms with E-state index in [1.165, 1.54) is 12.1 Å². The van der Waals surface area contributed by atoms with Crippen LogP contribution in [0.2, 0.25) is 0 Å². The third-order valence-corrected chi connectivity index (χ3v) is 7.00. The largest absolute Gasteiger partial charge is 0.438 e. The number of pyridine rings is 1. The minimum atomic E-state index is -4.64. The first-order valence-corrected chi connectivity index (χ1v) is 14.0. The minimum Gasteiger partial charge on any atom is -0.438 e. The number of carbonyl (C=O) groups excluding carboxylic acids is 1. The third-order valence-electron chi connectivity index (χ3n) is 7.00. The highest BCUT2D eigenvalue weighted by Crippen LogP contribution is 2.36. The predicted octanol–water partition coefficient (Wildman–Crippen LogP) is 5.70. The zero-order valence-corrected chi connectivity index (χ0v) is 24.2. The second-order valence-corrected chi connectivity index (χ2v) is 10.0. The number of alkyl halides is 3. The number of nitrogens with zero attached hydrogens (tertiary/aromatic N) is 4. The number of aryl methyl sites for hydroxylation is 1. The average molecular weight is 608 g/mol. The molecule has 13 heteroatoms. The molecule has 3 heterocycles. The molecule has 10 nitrogen and oxygen atoms in total. The molecule has 4 aromatic rings. The highest BCUT2D eigenvalue weighted by Gasteiger charge is 2.34. The molecule has 3 N–H and O–H groups in total. The fourth-order valence-electron chi connectivity index (χ4n) is 4.69. The van der Waals surface area contributed by atoms with Gasteiger partial charge in [0.2, 0.25) is 11.8 Å². The van der Waals surface area contributed by atoms with Crippen LogP contribution in [0.5, 0.6) is 11.6 Å². The first kappa shape index (κ1) is 30.7. The van der Waals surface area contributed by atoms with Crippen LogP contribution in [0.1, 0.15) is 21.5 Å². The number of morpholine rings is 1.